The van der Waals surface area contributed by atoms with E-state index in [0.717, 1.165) is 29.7 Å². The van der Waals surface area contributed by atoms with E-state index in [4.69, 9.17) is 5.26 Å². The summed E-state index contributed by atoms with van der Waals surface area (Å²) < 4.78 is 0. The number of fused-ring (bicyclic) bond motifs is 1. The highest BCUT2D eigenvalue weighted by atomic mass is 16.2. The van der Waals surface area contributed by atoms with E-state index in [2.05, 4.69) is 5.32 Å². The van der Waals surface area contributed by atoms with E-state index in [0.29, 0.717) is 0 Å². The maximum Gasteiger partial charge on any atom is 0.325 e. The van der Waals surface area contributed by atoms with Crippen LogP contribution in [0.4, 0.5) is 4.79 Å². The molecule has 7 heteroatoms. The van der Waals surface area contributed by atoms with Crippen molar-refractivity contribution in [1.29, 1.82) is 5.26 Å². The fraction of sp³-hybridized carbons (Fsp3) is 0.474. The number of aryl methyl sites for hydroxylation is 2. The average molecular weight is 354 g/mol. The van der Waals surface area contributed by atoms with Crippen LogP contribution in [-0.4, -0.2) is 47.8 Å². The Balaban J connectivity index is 1.78. The molecule has 7 nitrogen and oxygen atoms in total. The molecular formula is C19H22N4O3. The molecule has 1 aromatic carbocycles. The lowest BCUT2D eigenvalue weighted by atomic mass is 9.89. The molecule has 1 unspecified atom stereocenters. The summed E-state index contributed by atoms with van der Waals surface area (Å²) >= 11 is 0. The summed E-state index contributed by atoms with van der Waals surface area (Å²) in [6.45, 7) is 1.61. The molecule has 1 aromatic rings. The molecule has 1 fully saturated rings. The molecular weight excluding hydrogens is 332 g/mol. The van der Waals surface area contributed by atoms with Crippen molar-refractivity contribution in [2.24, 2.45) is 0 Å². The Morgan fingerprint density at radius 1 is 1.35 bits per heavy atom. The molecule has 26 heavy (non-hydrogen) atoms. The van der Waals surface area contributed by atoms with Crippen molar-refractivity contribution < 1.29 is 14.4 Å². The van der Waals surface area contributed by atoms with Crippen LogP contribution in [0.15, 0.2) is 18.2 Å². The fourth-order valence-electron chi connectivity index (χ4n) is 3.52. The summed E-state index contributed by atoms with van der Waals surface area (Å²) in [5.74, 6) is -0.801. The number of imide groups is 1. The lowest BCUT2D eigenvalue weighted by Gasteiger charge is -2.23. The van der Waals surface area contributed by atoms with Crippen molar-refractivity contribution in [1.82, 2.24) is 15.1 Å². The number of hydrogen-bond acceptors (Lipinski definition) is 4. The van der Waals surface area contributed by atoms with Crippen molar-refractivity contribution in [3.8, 4) is 6.07 Å². The van der Waals surface area contributed by atoms with Crippen molar-refractivity contribution in [3.05, 3.63) is 34.9 Å². The SMILES string of the molecule is CN(CCC#N)C(=O)CN1C(=O)NC(C)(c2ccc3c(c2)CCC3)C1=O. The number of amides is 4. The van der Waals surface area contributed by atoms with E-state index in [9.17, 15) is 14.4 Å². The number of nitriles is 1. The number of nitrogens with one attached hydrogen (secondary N) is 1. The summed E-state index contributed by atoms with van der Waals surface area (Å²) in [7, 11) is 1.55. The van der Waals surface area contributed by atoms with Crippen molar-refractivity contribution in [2.75, 3.05) is 20.1 Å². The van der Waals surface area contributed by atoms with Gasteiger partial charge in [0, 0.05) is 13.6 Å². The number of nitrogens with zero attached hydrogens (tertiary/aromatic N) is 3. The number of rotatable bonds is 5. The van der Waals surface area contributed by atoms with Gasteiger partial charge in [0.25, 0.3) is 5.91 Å². The monoisotopic (exact) mass is 354 g/mol. The molecule has 0 spiro atoms. The maximum absolute atomic E-state index is 12.9. The number of likely N-dealkylation sites (N-methyl/N-ethyl adjacent to an activating group) is 1. The third-order valence-corrected chi connectivity index (χ3v) is 5.23. The van der Waals surface area contributed by atoms with Gasteiger partial charge in [-0.1, -0.05) is 18.2 Å². The first kappa shape index (κ1) is 17.9. The minimum absolute atomic E-state index is 0.204. The number of hydrogen-bond donors (Lipinski definition) is 1. The van der Waals surface area contributed by atoms with Gasteiger partial charge in [0.1, 0.15) is 12.1 Å². The van der Waals surface area contributed by atoms with Crippen molar-refractivity contribution in [3.63, 3.8) is 0 Å². The van der Waals surface area contributed by atoms with E-state index < -0.39 is 17.5 Å². The molecule has 1 aliphatic heterocycles. The molecule has 1 aliphatic carbocycles. The highest BCUT2D eigenvalue weighted by Crippen LogP contribution is 2.32. The van der Waals surface area contributed by atoms with Gasteiger partial charge in [-0.15, -0.1) is 0 Å². The minimum Gasteiger partial charge on any atom is -0.343 e. The number of carbonyl (C=O) groups is 3. The van der Waals surface area contributed by atoms with E-state index in [1.54, 1.807) is 14.0 Å². The lowest BCUT2D eigenvalue weighted by molar-refractivity contribution is -0.138. The van der Waals surface area contributed by atoms with Gasteiger partial charge in [-0.3, -0.25) is 14.5 Å². The van der Waals surface area contributed by atoms with Gasteiger partial charge >= 0.3 is 6.03 Å². The molecule has 1 saturated heterocycles. The third-order valence-electron chi connectivity index (χ3n) is 5.23. The Kier molecular flexibility index (Phi) is 4.68. The van der Waals surface area contributed by atoms with Crippen LogP contribution in [0.5, 0.6) is 0 Å². The smallest absolute Gasteiger partial charge is 0.325 e. The molecule has 3 rings (SSSR count). The molecule has 0 radical (unpaired) electrons. The van der Waals surface area contributed by atoms with E-state index in [1.807, 2.05) is 24.3 Å². The summed E-state index contributed by atoms with van der Waals surface area (Å²) in [5, 5.41) is 11.3. The molecule has 1 N–H and O–H groups in total. The number of urea groups is 1. The number of carbonyl (C=O) groups excluding carboxylic acids is 3. The van der Waals surface area contributed by atoms with Crippen LogP contribution in [0.1, 0.15) is 36.5 Å². The Labute approximate surface area is 152 Å². The largest absolute Gasteiger partial charge is 0.343 e. The molecule has 1 heterocycles. The second-order valence-electron chi connectivity index (χ2n) is 7.01. The minimum atomic E-state index is -1.17. The van der Waals surface area contributed by atoms with Gasteiger partial charge in [-0.25, -0.2) is 4.79 Å². The summed E-state index contributed by atoms with van der Waals surface area (Å²) in [6.07, 6.45) is 3.33. The first-order chi connectivity index (χ1) is 12.4. The van der Waals surface area contributed by atoms with Crippen LogP contribution in [-0.2, 0) is 28.0 Å². The zero-order valence-corrected chi connectivity index (χ0v) is 15.0. The quantitative estimate of drug-likeness (QED) is 0.807. The molecule has 0 aromatic heterocycles. The third kappa shape index (κ3) is 3.03. The highest BCUT2D eigenvalue weighted by molar-refractivity contribution is 6.09. The molecule has 0 bridgehead atoms. The summed E-state index contributed by atoms with van der Waals surface area (Å²) in [6, 6.07) is 7.29. The fourth-order valence-corrected chi connectivity index (χ4v) is 3.52. The van der Waals surface area contributed by atoms with Crippen LogP contribution in [0, 0.1) is 11.3 Å². The molecule has 2 aliphatic rings. The highest BCUT2D eigenvalue weighted by Gasteiger charge is 2.49. The number of benzene rings is 1. The van der Waals surface area contributed by atoms with Gasteiger partial charge in [-0.2, -0.15) is 5.26 Å². The Morgan fingerprint density at radius 2 is 2.08 bits per heavy atom. The van der Waals surface area contributed by atoms with Gasteiger partial charge in [0.05, 0.1) is 12.5 Å². The topological polar surface area (TPSA) is 93.5 Å². The zero-order chi connectivity index (χ0) is 18.9. The Bertz CT molecular complexity index is 813. The van der Waals surface area contributed by atoms with E-state index in [-0.39, 0.29) is 25.4 Å². The van der Waals surface area contributed by atoms with Gasteiger partial charge in [-0.05, 0) is 42.9 Å². The van der Waals surface area contributed by atoms with Crippen LogP contribution in [0.2, 0.25) is 0 Å². The Hall–Kier alpha value is -2.88. The summed E-state index contributed by atoms with van der Waals surface area (Å²) in [4.78, 5) is 39.8. The normalized spacial score (nSPS) is 21.3. The molecule has 136 valence electrons. The van der Waals surface area contributed by atoms with Gasteiger partial charge < -0.3 is 10.2 Å². The first-order valence-electron chi connectivity index (χ1n) is 8.74. The average Bonchev–Trinajstić information content (AvgIpc) is 3.17. The maximum atomic E-state index is 12.9. The second-order valence-corrected chi connectivity index (χ2v) is 7.01. The van der Waals surface area contributed by atoms with E-state index in [1.165, 1.54) is 16.0 Å². The van der Waals surface area contributed by atoms with Crippen molar-refractivity contribution >= 4 is 17.8 Å². The zero-order valence-electron chi connectivity index (χ0n) is 15.0. The molecule has 1 atom stereocenters. The van der Waals surface area contributed by atoms with Crippen LogP contribution >= 0.6 is 0 Å². The second kappa shape index (κ2) is 6.79. The molecule has 4 amide bonds. The predicted octanol–water partition coefficient (Wildman–Crippen LogP) is 1.31. The van der Waals surface area contributed by atoms with Gasteiger partial charge in [0.15, 0.2) is 0 Å². The standard InChI is InChI=1S/C19H22N4O3/c1-19(15-8-7-13-5-3-6-14(13)11-15)17(25)23(18(26)21-19)12-16(24)22(2)10-4-9-20/h7-8,11H,3-6,10,12H2,1-2H3,(H,21,26). The van der Waals surface area contributed by atoms with Crippen molar-refractivity contribution in [2.45, 2.75) is 38.1 Å². The lowest BCUT2D eigenvalue weighted by Crippen LogP contribution is -2.43. The predicted molar refractivity (Wildman–Crippen MR) is 93.9 cm³/mol. The van der Waals surface area contributed by atoms with Crippen LogP contribution in [0.25, 0.3) is 0 Å². The summed E-state index contributed by atoms with van der Waals surface area (Å²) in [5.41, 5.74) is 2.08. The molecule has 0 saturated carbocycles. The van der Waals surface area contributed by atoms with Crippen LogP contribution in [0.3, 0.4) is 0 Å². The van der Waals surface area contributed by atoms with Gasteiger partial charge in [0.2, 0.25) is 5.91 Å². The Morgan fingerprint density at radius 3 is 2.81 bits per heavy atom. The van der Waals surface area contributed by atoms with Crippen LogP contribution < -0.4 is 5.32 Å². The first-order valence-corrected chi connectivity index (χ1v) is 8.74. The van der Waals surface area contributed by atoms with E-state index >= 15 is 0 Å².